The third kappa shape index (κ3) is 2.19. The van der Waals surface area contributed by atoms with Gasteiger partial charge in [-0.25, -0.2) is 0 Å². The van der Waals surface area contributed by atoms with E-state index in [0.29, 0.717) is 19.8 Å². The summed E-state index contributed by atoms with van der Waals surface area (Å²) in [6.45, 7) is 1.82. The summed E-state index contributed by atoms with van der Waals surface area (Å²) in [4.78, 5) is 1.93. The molecule has 1 aliphatic rings. The van der Waals surface area contributed by atoms with Gasteiger partial charge in [-0.15, -0.1) is 0 Å². The first-order valence-electron chi connectivity index (χ1n) is 4.52. The number of nitrogens with zero attached hydrogens (tertiary/aromatic N) is 2. The lowest BCUT2D eigenvalue weighted by Gasteiger charge is -2.42. The van der Waals surface area contributed by atoms with Crippen molar-refractivity contribution in [3.8, 4) is 6.07 Å². The largest absolute Gasteiger partial charge is 0.394 e. The summed E-state index contributed by atoms with van der Waals surface area (Å²) in [7, 11) is 1.88. The van der Waals surface area contributed by atoms with Crippen molar-refractivity contribution in [2.75, 3.05) is 33.4 Å². The number of aliphatic hydroxyl groups is 1. The van der Waals surface area contributed by atoms with Crippen LogP contribution in [-0.4, -0.2) is 49.0 Å². The zero-order valence-corrected chi connectivity index (χ0v) is 7.99. The molecule has 0 bridgehead atoms. The van der Waals surface area contributed by atoms with Crippen LogP contribution in [0.4, 0.5) is 0 Å². The van der Waals surface area contributed by atoms with E-state index in [1.54, 1.807) is 0 Å². The topological polar surface area (TPSA) is 56.5 Å². The van der Waals surface area contributed by atoms with Gasteiger partial charge in [-0.2, -0.15) is 5.26 Å². The van der Waals surface area contributed by atoms with E-state index in [1.165, 1.54) is 0 Å². The lowest BCUT2D eigenvalue weighted by molar-refractivity contribution is -0.0412. The zero-order valence-electron chi connectivity index (χ0n) is 7.99. The van der Waals surface area contributed by atoms with Gasteiger partial charge in [0.2, 0.25) is 0 Å². The van der Waals surface area contributed by atoms with Crippen molar-refractivity contribution in [2.45, 2.75) is 18.4 Å². The second-order valence-corrected chi connectivity index (χ2v) is 3.51. The number of hydrogen-bond donors (Lipinski definition) is 1. The van der Waals surface area contributed by atoms with Crippen molar-refractivity contribution in [1.29, 1.82) is 5.26 Å². The highest BCUT2D eigenvalue weighted by Crippen LogP contribution is 2.25. The molecule has 0 amide bonds. The quantitative estimate of drug-likeness (QED) is 0.626. The predicted octanol–water partition coefficient (Wildman–Crippen LogP) is -0.0167. The van der Waals surface area contributed by atoms with Crippen LogP contribution in [0.15, 0.2) is 0 Å². The molecular weight excluding hydrogens is 168 g/mol. The summed E-state index contributed by atoms with van der Waals surface area (Å²) < 4.78 is 5.23. The molecule has 1 heterocycles. The van der Waals surface area contributed by atoms with Gasteiger partial charge in [0.1, 0.15) is 0 Å². The highest BCUT2D eigenvalue weighted by molar-refractivity contribution is 4.93. The third-order valence-electron chi connectivity index (χ3n) is 2.84. The Morgan fingerprint density at radius 1 is 1.54 bits per heavy atom. The van der Waals surface area contributed by atoms with Gasteiger partial charge >= 0.3 is 0 Å². The van der Waals surface area contributed by atoms with Crippen LogP contribution < -0.4 is 0 Å². The van der Waals surface area contributed by atoms with E-state index in [9.17, 15) is 5.11 Å². The minimum absolute atomic E-state index is 0.106. The van der Waals surface area contributed by atoms with Crippen molar-refractivity contribution >= 4 is 0 Å². The molecule has 74 valence electrons. The van der Waals surface area contributed by atoms with E-state index in [1.807, 2.05) is 11.9 Å². The average Bonchev–Trinajstić information content (AvgIpc) is 2.19. The molecule has 1 N–H and O–H groups in total. The first kappa shape index (κ1) is 10.5. The van der Waals surface area contributed by atoms with Gasteiger partial charge in [-0.3, -0.25) is 4.90 Å². The van der Waals surface area contributed by atoms with Gasteiger partial charge in [-0.1, -0.05) is 0 Å². The molecule has 0 aromatic rings. The Bertz CT molecular complexity index is 194. The Labute approximate surface area is 78.7 Å². The average molecular weight is 184 g/mol. The molecule has 0 spiro atoms. The Morgan fingerprint density at radius 3 is 2.62 bits per heavy atom. The maximum Gasteiger partial charge on any atom is 0.0868 e. The molecule has 0 atom stereocenters. The fourth-order valence-corrected chi connectivity index (χ4v) is 1.69. The van der Waals surface area contributed by atoms with Crippen molar-refractivity contribution in [3.05, 3.63) is 0 Å². The van der Waals surface area contributed by atoms with Gasteiger partial charge < -0.3 is 9.84 Å². The number of aliphatic hydroxyl groups excluding tert-OH is 1. The molecule has 0 radical (unpaired) electrons. The van der Waals surface area contributed by atoms with E-state index >= 15 is 0 Å². The molecule has 0 unspecified atom stereocenters. The number of nitriles is 1. The van der Waals surface area contributed by atoms with Crippen molar-refractivity contribution in [2.24, 2.45) is 0 Å². The second kappa shape index (κ2) is 4.56. The molecule has 1 saturated heterocycles. The van der Waals surface area contributed by atoms with Crippen molar-refractivity contribution in [3.63, 3.8) is 0 Å². The Balaban J connectivity index is 2.61. The fourth-order valence-electron chi connectivity index (χ4n) is 1.69. The first-order chi connectivity index (χ1) is 6.25. The van der Waals surface area contributed by atoms with Crippen LogP contribution in [0.1, 0.15) is 12.8 Å². The highest BCUT2D eigenvalue weighted by Gasteiger charge is 2.35. The highest BCUT2D eigenvalue weighted by atomic mass is 16.5. The Kier molecular flexibility index (Phi) is 3.67. The minimum atomic E-state index is -0.228. The molecule has 0 aromatic carbocycles. The van der Waals surface area contributed by atoms with Crippen LogP contribution in [0, 0.1) is 11.3 Å². The van der Waals surface area contributed by atoms with Gasteiger partial charge in [0.15, 0.2) is 0 Å². The maximum atomic E-state index is 9.33. The normalized spacial score (nSPS) is 21.4. The molecule has 1 rings (SSSR count). The lowest BCUT2D eigenvalue weighted by Crippen LogP contribution is -2.53. The van der Waals surface area contributed by atoms with E-state index in [4.69, 9.17) is 10.00 Å². The van der Waals surface area contributed by atoms with Gasteiger partial charge in [0.05, 0.1) is 19.2 Å². The number of ether oxygens (including phenoxy) is 1. The van der Waals surface area contributed by atoms with Crippen LogP contribution in [-0.2, 0) is 4.74 Å². The molecule has 1 aliphatic heterocycles. The van der Waals surface area contributed by atoms with Crippen LogP contribution in [0.5, 0.6) is 0 Å². The number of likely N-dealkylation sites (N-methyl/N-ethyl adjacent to an activating group) is 1. The Morgan fingerprint density at radius 2 is 2.15 bits per heavy atom. The van der Waals surface area contributed by atoms with E-state index in [-0.39, 0.29) is 12.1 Å². The minimum Gasteiger partial charge on any atom is -0.394 e. The van der Waals surface area contributed by atoms with E-state index < -0.39 is 0 Å². The van der Waals surface area contributed by atoms with Crippen molar-refractivity contribution < 1.29 is 9.84 Å². The molecule has 13 heavy (non-hydrogen) atoms. The molecule has 0 saturated carbocycles. The summed E-state index contributed by atoms with van der Waals surface area (Å²) in [6.07, 6.45) is 1.61. The standard InChI is InChI=1S/C9H16N2O2/c1-11(5-4-10)9(8-12)2-6-13-7-3-9/h12H,2-3,5-8H2,1H3. The van der Waals surface area contributed by atoms with Crippen LogP contribution in [0.3, 0.4) is 0 Å². The summed E-state index contributed by atoms with van der Waals surface area (Å²) >= 11 is 0. The molecule has 4 nitrogen and oxygen atoms in total. The second-order valence-electron chi connectivity index (χ2n) is 3.51. The van der Waals surface area contributed by atoms with Crippen LogP contribution >= 0.6 is 0 Å². The Hall–Kier alpha value is -0.630. The van der Waals surface area contributed by atoms with Crippen LogP contribution in [0.2, 0.25) is 0 Å². The van der Waals surface area contributed by atoms with Gasteiger partial charge in [0.25, 0.3) is 0 Å². The molecule has 4 heteroatoms. The summed E-state index contributed by atoms with van der Waals surface area (Å²) in [5.41, 5.74) is -0.228. The maximum absolute atomic E-state index is 9.33. The smallest absolute Gasteiger partial charge is 0.0868 e. The first-order valence-corrected chi connectivity index (χ1v) is 4.52. The summed E-state index contributed by atoms with van der Waals surface area (Å²) in [5.74, 6) is 0. The molecule has 0 aromatic heterocycles. The van der Waals surface area contributed by atoms with Gasteiger partial charge in [-0.05, 0) is 19.9 Å². The zero-order chi connectivity index (χ0) is 9.73. The fraction of sp³-hybridized carbons (Fsp3) is 0.889. The number of rotatable bonds is 3. The predicted molar refractivity (Wildman–Crippen MR) is 48.1 cm³/mol. The monoisotopic (exact) mass is 184 g/mol. The summed E-state index contributed by atoms with van der Waals surface area (Å²) in [5, 5.41) is 17.9. The van der Waals surface area contributed by atoms with Crippen LogP contribution in [0.25, 0.3) is 0 Å². The molecule has 0 aliphatic carbocycles. The summed E-state index contributed by atoms with van der Waals surface area (Å²) in [6, 6.07) is 2.10. The van der Waals surface area contributed by atoms with E-state index in [2.05, 4.69) is 6.07 Å². The SMILES string of the molecule is CN(CC#N)C1(CO)CCOCC1. The number of hydrogen-bond acceptors (Lipinski definition) is 4. The van der Waals surface area contributed by atoms with Gasteiger partial charge in [0, 0.05) is 18.8 Å². The van der Waals surface area contributed by atoms with E-state index in [0.717, 1.165) is 12.8 Å². The third-order valence-corrected chi connectivity index (χ3v) is 2.84. The van der Waals surface area contributed by atoms with Crippen molar-refractivity contribution in [1.82, 2.24) is 4.90 Å². The molecule has 1 fully saturated rings. The lowest BCUT2D eigenvalue weighted by atomic mass is 9.89. The molecular formula is C9H16N2O2.